The minimum absolute atomic E-state index is 0. The number of hydrogen-bond donors (Lipinski definition) is 4. The Morgan fingerprint density at radius 3 is 2.73 bits per heavy atom. The monoisotopic (exact) mass is 378 g/mol. The molecule has 1 aliphatic heterocycles. The molecule has 3 rings (SSSR count). The molecule has 0 fully saturated rings. The normalized spacial score (nSPS) is 13.8. The largest absolute Gasteiger partial charge is 0.506 e. The average Bonchev–Trinajstić information content (AvgIpc) is 2.63. The van der Waals surface area contributed by atoms with Crippen molar-refractivity contribution < 1.29 is 19.7 Å². The van der Waals surface area contributed by atoms with Gasteiger partial charge < -0.3 is 25.6 Å². The molecule has 0 aromatic heterocycles. The molecule has 140 valence electrons. The Kier molecular flexibility index (Phi) is 7.26. The van der Waals surface area contributed by atoms with Crippen LogP contribution in [-0.2, 0) is 11.2 Å². The second-order valence-electron chi connectivity index (χ2n) is 6.02. The van der Waals surface area contributed by atoms with Gasteiger partial charge in [-0.2, -0.15) is 0 Å². The van der Waals surface area contributed by atoms with Gasteiger partial charge in [-0.25, -0.2) is 0 Å². The van der Waals surface area contributed by atoms with E-state index in [1.54, 1.807) is 6.07 Å². The molecular weight excluding hydrogens is 356 g/mol. The molecule has 1 aliphatic rings. The number of anilines is 1. The molecule has 0 bridgehead atoms. The number of aromatic hydroxyl groups is 1. The number of fused-ring (bicyclic) bond motifs is 1. The number of hydrogen-bond acceptors (Lipinski definition) is 5. The number of rotatable bonds is 7. The van der Waals surface area contributed by atoms with E-state index in [1.165, 1.54) is 11.6 Å². The number of nitrogens with one attached hydrogen (secondary N) is 2. The molecule has 1 amide bonds. The Bertz CT molecular complexity index is 740. The number of amides is 1. The number of phenols is 1. The Morgan fingerprint density at radius 2 is 1.96 bits per heavy atom. The van der Waals surface area contributed by atoms with E-state index < -0.39 is 6.10 Å². The van der Waals surface area contributed by atoms with Gasteiger partial charge in [0.15, 0.2) is 12.4 Å². The summed E-state index contributed by atoms with van der Waals surface area (Å²) < 4.78 is 5.39. The fourth-order valence-electron chi connectivity index (χ4n) is 2.85. The van der Waals surface area contributed by atoms with Crippen LogP contribution in [0.4, 0.5) is 5.69 Å². The van der Waals surface area contributed by atoms with Crippen molar-refractivity contribution in [2.45, 2.75) is 18.9 Å². The van der Waals surface area contributed by atoms with E-state index in [0.29, 0.717) is 17.9 Å². The van der Waals surface area contributed by atoms with Gasteiger partial charge >= 0.3 is 0 Å². The lowest BCUT2D eigenvalue weighted by Crippen LogP contribution is -2.28. The molecule has 2 aromatic rings. The maximum Gasteiger partial charge on any atom is 0.262 e. The second-order valence-corrected chi connectivity index (χ2v) is 6.02. The van der Waals surface area contributed by atoms with Crippen LogP contribution in [0.25, 0.3) is 0 Å². The maximum atomic E-state index is 11.4. The van der Waals surface area contributed by atoms with Crippen molar-refractivity contribution >= 4 is 24.0 Å². The third-order valence-corrected chi connectivity index (χ3v) is 4.14. The Hall–Kier alpha value is -2.28. The van der Waals surface area contributed by atoms with E-state index in [9.17, 15) is 15.0 Å². The van der Waals surface area contributed by atoms with Gasteiger partial charge in [0.05, 0.1) is 6.10 Å². The summed E-state index contributed by atoms with van der Waals surface area (Å²) >= 11 is 0. The van der Waals surface area contributed by atoms with Crippen molar-refractivity contribution in [1.82, 2.24) is 5.32 Å². The molecule has 26 heavy (non-hydrogen) atoms. The van der Waals surface area contributed by atoms with Crippen molar-refractivity contribution in [3.05, 3.63) is 53.6 Å². The van der Waals surface area contributed by atoms with Gasteiger partial charge in [-0.05, 0) is 37.1 Å². The van der Waals surface area contributed by atoms with Gasteiger partial charge in [0, 0.05) is 12.1 Å². The zero-order valence-electron chi connectivity index (χ0n) is 14.3. The summed E-state index contributed by atoms with van der Waals surface area (Å²) in [4.78, 5) is 11.4. The van der Waals surface area contributed by atoms with Crippen molar-refractivity contribution in [3.8, 4) is 11.5 Å². The van der Waals surface area contributed by atoms with E-state index in [2.05, 4.69) is 22.8 Å². The predicted octanol–water partition coefficient (Wildman–Crippen LogP) is 2.40. The number of carbonyl (C=O) groups is 1. The number of ether oxygens (including phenoxy) is 1. The molecule has 0 aliphatic carbocycles. The highest BCUT2D eigenvalue weighted by molar-refractivity contribution is 5.97. The molecule has 0 radical (unpaired) electrons. The van der Waals surface area contributed by atoms with Gasteiger partial charge in [0.25, 0.3) is 5.91 Å². The average molecular weight is 379 g/mol. The lowest BCUT2D eigenvalue weighted by Gasteiger charge is -2.23. The number of benzene rings is 2. The fraction of sp³-hybridized carbons (Fsp3) is 0.316. The van der Waals surface area contributed by atoms with E-state index >= 15 is 0 Å². The van der Waals surface area contributed by atoms with Crippen LogP contribution in [0.15, 0.2) is 42.5 Å². The summed E-state index contributed by atoms with van der Waals surface area (Å²) in [6.07, 6.45) is 1.16. The van der Waals surface area contributed by atoms with Crippen molar-refractivity contribution in [3.63, 3.8) is 0 Å². The molecule has 4 N–H and O–H groups in total. The van der Waals surface area contributed by atoms with E-state index in [4.69, 9.17) is 4.74 Å². The van der Waals surface area contributed by atoms with Crippen LogP contribution in [0.1, 0.15) is 23.7 Å². The minimum Gasteiger partial charge on any atom is -0.506 e. The van der Waals surface area contributed by atoms with Crippen LogP contribution in [-0.4, -0.2) is 35.8 Å². The fourth-order valence-corrected chi connectivity index (χ4v) is 2.85. The van der Waals surface area contributed by atoms with Gasteiger partial charge in [0.2, 0.25) is 0 Å². The van der Waals surface area contributed by atoms with Gasteiger partial charge in [-0.3, -0.25) is 4.79 Å². The first-order chi connectivity index (χ1) is 12.1. The highest BCUT2D eigenvalue weighted by Crippen LogP contribution is 2.41. The van der Waals surface area contributed by atoms with Gasteiger partial charge in [-0.1, -0.05) is 30.3 Å². The molecular formula is C19H23ClN2O4. The van der Waals surface area contributed by atoms with Crippen LogP contribution in [0, 0.1) is 0 Å². The molecule has 2 aromatic carbocycles. The van der Waals surface area contributed by atoms with Crippen LogP contribution in [0.3, 0.4) is 0 Å². The molecule has 1 atom stereocenters. The number of halogens is 1. The molecule has 0 spiro atoms. The summed E-state index contributed by atoms with van der Waals surface area (Å²) in [5.41, 5.74) is 2.06. The third-order valence-electron chi connectivity index (χ3n) is 4.14. The van der Waals surface area contributed by atoms with Gasteiger partial charge in [0.1, 0.15) is 11.4 Å². The number of aliphatic hydroxyl groups is 1. The van der Waals surface area contributed by atoms with Gasteiger partial charge in [-0.15, -0.1) is 12.4 Å². The zero-order chi connectivity index (χ0) is 17.6. The number of carbonyl (C=O) groups excluding carboxylic acids is 1. The quantitative estimate of drug-likeness (QED) is 0.438. The van der Waals surface area contributed by atoms with Crippen LogP contribution < -0.4 is 15.4 Å². The molecule has 6 nitrogen and oxygen atoms in total. The molecule has 7 heteroatoms. The molecule has 1 heterocycles. The SMILES string of the molecule is Cl.O=C1COc2c(C(O)CNCCCc3ccccc3)ccc(O)c2N1. The topological polar surface area (TPSA) is 90.8 Å². The Labute approximate surface area is 158 Å². The highest BCUT2D eigenvalue weighted by atomic mass is 35.5. The predicted molar refractivity (Wildman–Crippen MR) is 102 cm³/mol. The van der Waals surface area contributed by atoms with Crippen LogP contribution >= 0.6 is 12.4 Å². The van der Waals surface area contributed by atoms with Crippen molar-refractivity contribution in [2.24, 2.45) is 0 Å². The summed E-state index contributed by atoms with van der Waals surface area (Å²) in [5, 5.41) is 26.1. The molecule has 0 saturated carbocycles. The summed E-state index contributed by atoms with van der Waals surface area (Å²) in [6.45, 7) is 1.02. The second kappa shape index (κ2) is 9.43. The highest BCUT2D eigenvalue weighted by Gasteiger charge is 2.25. The zero-order valence-corrected chi connectivity index (χ0v) is 15.1. The minimum atomic E-state index is -0.791. The number of phenolic OH excluding ortho intramolecular Hbond substituents is 1. The first-order valence-corrected chi connectivity index (χ1v) is 8.36. The third kappa shape index (κ3) is 4.88. The summed E-state index contributed by atoms with van der Waals surface area (Å²) in [6, 6.07) is 13.3. The first kappa shape index (κ1) is 20.0. The summed E-state index contributed by atoms with van der Waals surface area (Å²) in [7, 11) is 0. The smallest absolute Gasteiger partial charge is 0.262 e. The molecule has 0 saturated heterocycles. The van der Waals surface area contributed by atoms with E-state index in [1.807, 2.05) is 18.2 Å². The lowest BCUT2D eigenvalue weighted by atomic mass is 10.0. The lowest BCUT2D eigenvalue weighted by molar-refractivity contribution is -0.118. The maximum absolute atomic E-state index is 11.4. The van der Waals surface area contributed by atoms with Crippen LogP contribution in [0.2, 0.25) is 0 Å². The first-order valence-electron chi connectivity index (χ1n) is 8.36. The summed E-state index contributed by atoms with van der Waals surface area (Å²) in [5.74, 6) is -0.0681. The Balaban J connectivity index is 0.00000243. The number of aryl methyl sites for hydroxylation is 1. The van der Waals surface area contributed by atoms with Crippen molar-refractivity contribution in [1.29, 1.82) is 0 Å². The standard InChI is InChI=1S/C19H22N2O4.ClH/c22-15-9-8-14(19-18(15)21-17(24)12-25-19)16(23)11-20-10-4-7-13-5-2-1-3-6-13;/h1-3,5-6,8-9,16,20,22-23H,4,7,10-12H2,(H,21,24);1H. The Morgan fingerprint density at radius 1 is 1.19 bits per heavy atom. The van der Waals surface area contributed by atoms with E-state index in [0.717, 1.165) is 19.4 Å². The van der Waals surface area contributed by atoms with Crippen LogP contribution in [0.5, 0.6) is 11.5 Å². The van der Waals surface area contributed by atoms with Crippen molar-refractivity contribution in [2.75, 3.05) is 25.0 Å². The number of aliphatic hydroxyl groups excluding tert-OH is 1. The van der Waals surface area contributed by atoms with E-state index in [-0.39, 0.29) is 36.4 Å². The molecule has 1 unspecified atom stereocenters.